The van der Waals surface area contributed by atoms with Crippen LogP contribution in [-0.4, -0.2) is 38.4 Å². The van der Waals surface area contributed by atoms with Gasteiger partial charge in [-0.25, -0.2) is 13.4 Å². The molecule has 4 heterocycles. The topological polar surface area (TPSA) is 128 Å². The van der Waals surface area contributed by atoms with E-state index in [1.165, 1.54) is 12.1 Å². The molecule has 0 saturated heterocycles. The molecule has 4 aromatic heterocycles. The van der Waals surface area contributed by atoms with Crippen LogP contribution in [0.1, 0.15) is 0 Å². The normalized spacial score (nSPS) is 11.5. The lowest BCUT2D eigenvalue weighted by molar-refractivity contribution is 0.601. The highest BCUT2D eigenvalue weighted by Crippen LogP contribution is 2.27. The summed E-state index contributed by atoms with van der Waals surface area (Å²) in [5.41, 5.74) is 3.30. The molecule has 0 aliphatic carbocycles. The second-order valence-corrected chi connectivity index (χ2v) is 9.48. The number of hydrogen-bond donors (Lipinski definition) is 2. The van der Waals surface area contributed by atoms with Crippen molar-refractivity contribution in [2.75, 3.05) is 10.0 Å². The molecule has 5 rings (SSSR count). The molecule has 0 unspecified atom stereocenters. The van der Waals surface area contributed by atoms with Gasteiger partial charge in [0.1, 0.15) is 5.82 Å². The molecule has 0 atom stereocenters. The van der Waals surface area contributed by atoms with Crippen molar-refractivity contribution < 1.29 is 8.42 Å². The zero-order valence-corrected chi connectivity index (χ0v) is 18.3. The molecule has 0 aliphatic heterocycles. The summed E-state index contributed by atoms with van der Waals surface area (Å²) in [4.78, 5) is 9.20. The van der Waals surface area contributed by atoms with Crippen LogP contribution in [0.3, 0.4) is 0 Å². The minimum Gasteiger partial charge on any atom is -0.315 e. The lowest BCUT2D eigenvalue weighted by atomic mass is 10.1. The highest BCUT2D eigenvalue weighted by molar-refractivity contribution is 7.93. The number of benzene rings is 1. The second-order valence-electron chi connectivity index (χ2n) is 6.82. The van der Waals surface area contributed by atoms with Gasteiger partial charge in [-0.15, -0.1) is 10.2 Å². The molecule has 12 heteroatoms. The van der Waals surface area contributed by atoms with Gasteiger partial charge in [-0.1, -0.05) is 29.5 Å². The van der Waals surface area contributed by atoms with Crippen LogP contribution in [0.25, 0.3) is 22.2 Å². The third-order valence-electron chi connectivity index (χ3n) is 4.51. The van der Waals surface area contributed by atoms with Gasteiger partial charge in [0.05, 0.1) is 22.1 Å². The summed E-state index contributed by atoms with van der Waals surface area (Å²) in [5, 5.41) is 15.7. The fourth-order valence-corrected chi connectivity index (χ4v) is 4.90. The van der Waals surface area contributed by atoms with Crippen LogP contribution in [0.4, 0.5) is 16.1 Å². The Kier molecular flexibility index (Phi) is 4.99. The smallest absolute Gasteiger partial charge is 0.263 e. The maximum absolute atomic E-state index is 12.4. The number of rotatable bonds is 6. The molecular formula is C20H16N8O2S2. The molecule has 0 saturated carbocycles. The second kappa shape index (κ2) is 7.98. The molecule has 1 aromatic carbocycles. The van der Waals surface area contributed by atoms with Crippen molar-refractivity contribution in [1.29, 1.82) is 0 Å². The average Bonchev–Trinajstić information content (AvgIpc) is 3.42. The van der Waals surface area contributed by atoms with E-state index in [0.717, 1.165) is 28.0 Å². The molecule has 2 N–H and O–H groups in total. The van der Waals surface area contributed by atoms with Gasteiger partial charge in [0.25, 0.3) is 10.0 Å². The number of fused-ring (bicyclic) bond motifs is 1. The molecule has 0 bridgehead atoms. The van der Waals surface area contributed by atoms with Gasteiger partial charge < -0.3 is 5.32 Å². The Labute approximate surface area is 187 Å². The molecule has 0 amide bonds. The fraction of sp³-hybridized carbons (Fsp3) is 0.0500. The van der Waals surface area contributed by atoms with Gasteiger partial charge >= 0.3 is 0 Å². The van der Waals surface area contributed by atoms with Crippen molar-refractivity contribution >= 4 is 48.5 Å². The molecule has 0 radical (unpaired) electrons. The van der Waals surface area contributed by atoms with Gasteiger partial charge in [-0.3, -0.25) is 14.4 Å². The summed E-state index contributed by atoms with van der Waals surface area (Å²) in [7, 11) is -1.88. The monoisotopic (exact) mass is 464 g/mol. The number of nitrogens with one attached hydrogen (secondary N) is 2. The largest absolute Gasteiger partial charge is 0.315 e. The third kappa shape index (κ3) is 4.13. The van der Waals surface area contributed by atoms with Gasteiger partial charge in [0.2, 0.25) is 10.3 Å². The van der Waals surface area contributed by atoms with Crippen LogP contribution >= 0.6 is 11.3 Å². The Morgan fingerprint density at radius 1 is 0.938 bits per heavy atom. The van der Waals surface area contributed by atoms with Crippen molar-refractivity contribution in [3.05, 3.63) is 67.1 Å². The third-order valence-corrected chi connectivity index (χ3v) is 6.75. The summed E-state index contributed by atoms with van der Waals surface area (Å²) in [6.45, 7) is 0. The van der Waals surface area contributed by atoms with Gasteiger partial charge in [0.15, 0.2) is 0 Å². The number of nitrogens with zero attached hydrogens (tertiary/aromatic N) is 6. The highest BCUT2D eigenvalue weighted by atomic mass is 32.2. The first-order valence-electron chi connectivity index (χ1n) is 9.40. The highest BCUT2D eigenvalue weighted by Gasteiger charge is 2.16. The Hall–Kier alpha value is -3.90. The van der Waals surface area contributed by atoms with E-state index in [9.17, 15) is 8.42 Å². The summed E-state index contributed by atoms with van der Waals surface area (Å²) in [6, 6.07) is 13.6. The zero-order valence-electron chi connectivity index (χ0n) is 16.7. The molecule has 32 heavy (non-hydrogen) atoms. The average molecular weight is 465 g/mol. The summed E-state index contributed by atoms with van der Waals surface area (Å²) in [5.74, 6) is 0.538. The SMILES string of the molecule is Cn1cc(-c2cnc3ccc(Nc4nnc(NS(=O)(=O)c5ccccc5)s4)nc3c2)cn1. The van der Waals surface area contributed by atoms with Crippen LogP contribution in [0.2, 0.25) is 0 Å². The Morgan fingerprint density at radius 2 is 1.75 bits per heavy atom. The van der Waals surface area contributed by atoms with Crippen LogP contribution in [-0.2, 0) is 17.1 Å². The number of aromatic nitrogens is 6. The predicted octanol–water partition coefficient (Wildman–Crippen LogP) is 3.43. The first kappa shape index (κ1) is 20.0. The van der Waals surface area contributed by atoms with Gasteiger partial charge in [-0.05, 0) is 30.3 Å². The minimum atomic E-state index is -3.73. The van der Waals surface area contributed by atoms with Crippen molar-refractivity contribution in [1.82, 2.24) is 29.9 Å². The molecule has 160 valence electrons. The molecule has 0 fully saturated rings. The first-order chi connectivity index (χ1) is 15.5. The van der Waals surface area contributed by atoms with Crippen LogP contribution in [0.5, 0.6) is 0 Å². The zero-order chi connectivity index (χ0) is 22.1. The van der Waals surface area contributed by atoms with Crippen molar-refractivity contribution in [3.8, 4) is 11.1 Å². The van der Waals surface area contributed by atoms with E-state index in [0.29, 0.717) is 16.5 Å². The van der Waals surface area contributed by atoms with Gasteiger partial charge in [-0.2, -0.15) is 5.10 Å². The number of pyridine rings is 2. The molecule has 0 spiro atoms. The molecule has 10 nitrogen and oxygen atoms in total. The molecule has 0 aliphatic rings. The van der Waals surface area contributed by atoms with E-state index >= 15 is 0 Å². The van der Waals surface area contributed by atoms with Crippen LogP contribution in [0, 0.1) is 0 Å². The van der Waals surface area contributed by atoms with Crippen molar-refractivity contribution in [2.24, 2.45) is 7.05 Å². The van der Waals surface area contributed by atoms with E-state index in [4.69, 9.17) is 0 Å². The minimum absolute atomic E-state index is 0.151. The Balaban J connectivity index is 1.36. The Bertz CT molecular complexity index is 1510. The number of hydrogen-bond acceptors (Lipinski definition) is 9. The quantitative estimate of drug-likeness (QED) is 0.391. The van der Waals surface area contributed by atoms with E-state index in [1.807, 2.05) is 25.4 Å². The number of aryl methyl sites for hydroxylation is 1. The lowest BCUT2D eigenvalue weighted by Crippen LogP contribution is -2.12. The molecule has 5 aromatic rings. The van der Waals surface area contributed by atoms with Crippen LogP contribution in [0.15, 0.2) is 72.0 Å². The van der Waals surface area contributed by atoms with E-state index in [-0.39, 0.29) is 10.0 Å². The van der Waals surface area contributed by atoms with E-state index in [2.05, 4.69) is 35.3 Å². The first-order valence-corrected chi connectivity index (χ1v) is 11.7. The van der Waals surface area contributed by atoms with Gasteiger partial charge in [0, 0.05) is 30.6 Å². The Morgan fingerprint density at radius 3 is 2.53 bits per heavy atom. The number of anilines is 3. The summed E-state index contributed by atoms with van der Waals surface area (Å²) in [6.07, 6.45) is 5.46. The molecular weight excluding hydrogens is 448 g/mol. The van der Waals surface area contributed by atoms with Crippen molar-refractivity contribution in [3.63, 3.8) is 0 Å². The fourth-order valence-electron chi connectivity index (χ4n) is 3.00. The maximum atomic E-state index is 12.4. The summed E-state index contributed by atoms with van der Waals surface area (Å²) >= 11 is 1.07. The summed E-state index contributed by atoms with van der Waals surface area (Å²) < 4.78 is 29.1. The standard InChI is InChI=1S/C20H16N8O2S2/c1-28-12-14(11-22-28)13-9-17-16(21-10-13)7-8-18(23-17)24-19-25-26-20(31-19)27-32(29,30)15-5-3-2-4-6-15/h2-12H,1H3,(H,26,27)(H,23,24,25). The lowest BCUT2D eigenvalue weighted by Gasteiger charge is -2.05. The van der Waals surface area contributed by atoms with Crippen molar-refractivity contribution in [2.45, 2.75) is 4.90 Å². The van der Waals surface area contributed by atoms with Crippen LogP contribution < -0.4 is 10.0 Å². The predicted molar refractivity (Wildman–Crippen MR) is 122 cm³/mol. The number of sulfonamides is 1. The van der Waals surface area contributed by atoms with E-state index < -0.39 is 10.0 Å². The van der Waals surface area contributed by atoms with E-state index in [1.54, 1.807) is 41.3 Å². The maximum Gasteiger partial charge on any atom is 0.263 e.